The zero-order valence-electron chi connectivity index (χ0n) is 69.2. The van der Waals surface area contributed by atoms with E-state index in [2.05, 4.69) is 423 Å². The van der Waals surface area contributed by atoms with Gasteiger partial charge in [-0.2, -0.15) is 0 Å². The van der Waals surface area contributed by atoms with E-state index in [1.165, 1.54) is 231 Å². The van der Waals surface area contributed by atoms with Crippen LogP contribution in [0.1, 0.15) is 50.7 Å². The lowest BCUT2D eigenvalue weighted by Crippen LogP contribution is -2.18. The number of nitrogens with zero attached hydrogens (tertiary/aromatic N) is 4. The van der Waals surface area contributed by atoms with Gasteiger partial charge < -0.3 is 24.0 Å². The van der Waals surface area contributed by atoms with Crippen LogP contribution in [-0.2, 0) is 0 Å². The Morgan fingerprint density at radius 2 is 0.587 bits per heavy atom. The molecule has 0 N–H and O–H groups in total. The second-order valence-electron chi connectivity index (χ2n) is 34.0. The van der Waals surface area contributed by atoms with Crippen LogP contribution in [-0.4, -0.2) is 0 Å². The van der Waals surface area contributed by atoms with Crippen molar-refractivity contribution in [1.82, 2.24) is 0 Å². The highest BCUT2D eigenvalue weighted by atomic mass is 32.2. The van der Waals surface area contributed by atoms with E-state index in [1.54, 1.807) is 0 Å². The predicted molar refractivity (Wildman–Crippen MR) is 541 cm³/mol. The Labute approximate surface area is 750 Å². The van der Waals surface area contributed by atoms with E-state index in [1.807, 2.05) is 58.4 Å². The molecule has 0 amide bonds. The Bertz CT molecular complexity index is 8460. The lowest BCUT2D eigenvalue weighted by molar-refractivity contribution is 0.668. The summed E-state index contributed by atoms with van der Waals surface area (Å²) in [5.41, 5.74) is 23.7. The molecule has 126 heavy (non-hydrogen) atoms. The van der Waals surface area contributed by atoms with E-state index in [9.17, 15) is 0 Å². The molecule has 4 aliphatic rings. The second-order valence-corrected chi connectivity index (χ2v) is 39.4. The van der Waals surface area contributed by atoms with Crippen molar-refractivity contribution >= 4 is 244 Å². The normalized spacial score (nSPS) is 13.3. The Morgan fingerprint density at radius 1 is 0.214 bits per heavy atom. The van der Waals surface area contributed by atoms with Gasteiger partial charge in [-0.1, -0.05) is 323 Å². The van der Waals surface area contributed by atoms with Crippen molar-refractivity contribution < 1.29 is 4.42 Å². The van der Waals surface area contributed by atoms with E-state index in [0.29, 0.717) is 11.8 Å². The highest BCUT2D eigenvalue weighted by molar-refractivity contribution is 8.00. The minimum Gasteiger partial charge on any atom is -0.456 e. The maximum absolute atomic E-state index is 6.55. The van der Waals surface area contributed by atoms with E-state index >= 15 is 0 Å². The molecule has 596 valence electrons. The van der Waals surface area contributed by atoms with Crippen LogP contribution in [0.4, 0.5) is 68.2 Å². The number of thiophene rings is 1. The lowest BCUT2D eigenvalue weighted by Gasteiger charge is -2.38. The summed E-state index contributed by atoms with van der Waals surface area (Å²) in [7, 11) is 0. The molecule has 0 saturated heterocycles. The van der Waals surface area contributed by atoms with Gasteiger partial charge in [0.15, 0.2) is 0 Å². The number of hydrogen-bond acceptors (Lipinski definition) is 10. The fraction of sp³-hybridized carbons (Fsp3) is 0.0517. The molecule has 21 aromatic carbocycles. The van der Waals surface area contributed by atoms with E-state index in [-0.39, 0.29) is 0 Å². The Morgan fingerprint density at radius 3 is 1.06 bits per heavy atom. The topological polar surface area (TPSA) is 26.1 Å². The van der Waals surface area contributed by atoms with E-state index in [0.717, 1.165) is 27.6 Å². The van der Waals surface area contributed by atoms with Crippen molar-refractivity contribution in [3.05, 3.63) is 387 Å². The minimum absolute atomic E-state index is 0.298. The van der Waals surface area contributed by atoms with Gasteiger partial charge in [-0.3, -0.25) is 0 Å². The van der Waals surface area contributed by atoms with Crippen LogP contribution in [0, 0.1) is 0 Å². The number of rotatable bonds is 8. The van der Waals surface area contributed by atoms with Crippen molar-refractivity contribution in [3.8, 4) is 22.3 Å². The molecular formula is C116H76N4OS5. The van der Waals surface area contributed by atoms with Gasteiger partial charge in [-0.25, -0.2) is 0 Å². The average Bonchev–Trinajstić information content (AvgIpc) is 0.733. The third-order valence-corrected chi connectivity index (χ3v) is 31.9. The summed E-state index contributed by atoms with van der Waals surface area (Å²) in [6.07, 6.45) is 0. The number of hydrogen-bond donors (Lipinski definition) is 0. The molecule has 6 heterocycles. The van der Waals surface area contributed by atoms with Gasteiger partial charge in [0.2, 0.25) is 0 Å². The summed E-state index contributed by atoms with van der Waals surface area (Å²) < 4.78 is 9.18. The Kier molecular flexibility index (Phi) is 17.0. The molecule has 0 radical (unpaired) electrons. The van der Waals surface area contributed by atoms with Crippen molar-refractivity contribution in [2.45, 2.75) is 78.7 Å². The van der Waals surface area contributed by atoms with Gasteiger partial charge in [0, 0.05) is 114 Å². The molecule has 0 saturated carbocycles. The maximum Gasteiger partial charge on any atom is 0.137 e. The van der Waals surface area contributed by atoms with Crippen LogP contribution >= 0.6 is 58.4 Å². The van der Waals surface area contributed by atoms with E-state index in [4.69, 9.17) is 4.42 Å². The fourth-order valence-electron chi connectivity index (χ4n) is 20.7. The summed E-state index contributed by atoms with van der Waals surface area (Å²) in [5, 5.41) is 22.9. The van der Waals surface area contributed by atoms with Crippen LogP contribution in [0.15, 0.2) is 420 Å². The first-order chi connectivity index (χ1) is 62.2. The summed E-state index contributed by atoms with van der Waals surface area (Å²) in [6.45, 7) is 9.39. The third-order valence-electron chi connectivity index (χ3n) is 26.2. The molecule has 0 fully saturated rings. The summed E-state index contributed by atoms with van der Waals surface area (Å²) in [5.74, 6) is 0.613. The lowest BCUT2D eigenvalue weighted by atomic mass is 9.82. The molecule has 0 unspecified atom stereocenters. The highest BCUT2D eigenvalue weighted by Crippen LogP contribution is 2.64. The van der Waals surface area contributed by atoms with Gasteiger partial charge in [-0.05, 0) is 204 Å². The molecular weight excluding hydrogens is 1630 g/mol. The zero-order chi connectivity index (χ0) is 83.3. The van der Waals surface area contributed by atoms with Crippen LogP contribution in [0.2, 0.25) is 0 Å². The molecule has 5 nitrogen and oxygen atoms in total. The van der Waals surface area contributed by atoms with Gasteiger partial charge in [0.05, 0.1) is 68.2 Å². The molecule has 0 spiro atoms. The van der Waals surface area contributed by atoms with Gasteiger partial charge >= 0.3 is 0 Å². The van der Waals surface area contributed by atoms with Crippen molar-refractivity contribution in [3.63, 3.8) is 0 Å². The molecule has 0 bridgehead atoms. The number of para-hydroxylation sites is 7. The minimum atomic E-state index is 0.298. The van der Waals surface area contributed by atoms with Crippen molar-refractivity contribution in [2.24, 2.45) is 0 Å². The molecule has 10 heteroatoms. The predicted octanol–water partition coefficient (Wildman–Crippen LogP) is 36.5. The maximum atomic E-state index is 6.55. The number of furan rings is 1. The molecule has 2 aromatic heterocycles. The zero-order valence-corrected chi connectivity index (χ0v) is 73.3. The standard InChI is InChI=1S/C64H38N2S3.C52H38N2OS2/c1-3-17-39(18-4-1)41-32-34-47-49(35-41)62(65-52-25-11-14-28-56(52)67-57-29-15-12-26-53(57)65)46-33-31-42(40-19-5-2-6-20-40)36-50(46)63(47)66-54-27-13-16-30-58(54)68-60-37-51-59(38-55(60)66)69-64-48-24-10-8-22-44(48)43-21-7-9-23-45(43)61(51)64;1-29(2)34-25-32-22-24-41(54-39-16-8-12-20-47(39)57-48-27-36-33-13-5-9-17-43(33)55-44(36)28-42(48)54)52-35(30(3)4)26-31-21-23-40(51(34)49(31)50(32)52)53-37-14-6-10-18-45(37)56-46-19-11-7-15-38(46)53/h1-38H;5-30H,1-4H3. The molecule has 0 aliphatic carbocycles. The smallest absolute Gasteiger partial charge is 0.137 e. The van der Waals surface area contributed by atoms with Crippen LogP contribution < -0.4 is 19.6 Å². The Hall–Kier alpha value is -13.7. The first-order valence-electron chi connectivity index (χ1n) is 43.3. The van der Waals surface area contributed by atoms with Crippen molar-refractivity contribution in [2.75, 3.05) is 19.6 Å². The van der Waals surface area contributed by atoms with Crippen LogP contribution in [0.3, 0.4) is 0 Å². The van der Waals surface area contributed by atoms with E-state index < -0.39 is 0 Å². The molecule has 23 aromatic rings. The highest BCUT2D eigenvalue weighted by Gasteiger charge is 2.37. The first kappa shape index (κ1) is 73.8. The summed E-state index contributed by atoms with van der Waals surface area (Å²) >= 11 is 9.39. The largest absolute Gasteiger partial charge is 0.456 e. The third kappa shape index (κ3) is 11.3. The summed E-state index contributed by atoms with van der Waals surface area (Å²) in [6, 6.07) is 140. The van der Waals surface area contributed by atoms with Gasteiger partial charge in [-0.15, -0.1) is 11.3 Å². The average molecular weight is 1700 g/mol. The van der Waals surface area contributed by atoms with Gasteiger partial charge in [0.25, 0.3) is 0 Å². The fourth-order valence-corrected chi connectivity index (χ4v) is 26.2. The SMILES string of the molecule is CC(C)c1cc2ccc(N3c4ccccc4Sc4cc5c(cc43)oc3ccccc35)c3c(C(C)C)cc4ccc(N5c6ccccc6Sc6ccccc65)c1c4c23.c1ccc(-c2ccc3c(N4c5ccccc5Sc5cc6c(cc54)sc4c5ccccc5c5ccccc5c64)c4cc(-c5ccccc5)ccc4c(N4c5ccccc5Sc5ccccc54)c3c2)cc1. The first-order valence-corrected chi connectivity index (χ1v) is 47.4. The summed E-state index contributed by atoms with van der Waals surface area (Å²) in [4.78, 5) is 20.2. The number of benzene rings is 21. The van der Waals surface area contributed by atoms with Crippen molar-refractivity contribution in [1.29, 1.82) is 0 Å². The molecule has 27 rings (SSSR count). The van der Waals surface area contributed by atoms with Crippen LogP contribution in [0.5, 0.6) is 0 Å². The van der Waals surface area contributed by atoms with Gasteiger partial charge in [0.1, 0.15) is 11.2 Å². The van der Waals surface area contributed by atoms with Crippen LogP contribution in [0.25, 0.3) is 140 Å². The molecule has 0 atom stereocenters. The Balaban J connectivity index is 0.000000137. The number of fused-ring (bicyclic) bond motifs is 21. The quantitative estimate of drug-likeness (QED) is 0.109. The number of anilines is 12. The monoisotopic (exact) mass is 1700 g/mol. The molecule has 4 aliphatic heterocycles. The second kappa shape index (κ2) is 29.0.